The maximum atomic E-state index is 3.61. The van der Waals surface area contributed by atoms with E-state index < -0.39 is 18.4 Å². The SMILES string of the molecule is Brc1cc2c3c(c1)CCCN3CCC2.CCC[CH2][Sn]([CH2]CCC)([CH2]CCC)[c]1cc2c3c(c1)CCCN3CCC2.c1cc2c3c(c1)CCCN3CCC2. The van der Waals surface area contributed by atoms with Crippen molar-refractivity contribution in [3.63, 3.8) is 0 Å². The third-order valence-electron chi connectivity index (χ3n) is 13.5. The summed E-state index contributed by atoms with van der Waals surface area (Å²) >= 11 is 1.33. The number of aryl methyl sites for hydroxylation is 6. The van der Waals surface area contributed by atoms with Gasteiger partial charge in [0.05, 0.1) is 0 Å². The van der Waals surface area contributed by atoms with E-state index >= 15 is 0 Å². The van der Waals surface area contributed by atoms with Crippen molar-refractivity contribution in [2.24, 2.45) is 0 Å². The summed E-state index contributed by atoms with van der Waals surface area (Å²) in [5.41, 5.74) is 14.6. The van der Waals surface area contributed by atoms with Gasteiger partial charge in [-0.2, -0.15) is 0 Å². The van der Waals surface area contributed by atoms with Crippen molar-refractivity contribution in [2.45, 2.75) is 150 Å². The molecule has 0 amide bonds. The van der Waals surface area contributed by atoms with Crippen LogP contribution in [-0.4, -0.2) is 57.6 Å². The van der Waals surface area contributed by atoms with Crippen LogP contribution in [0.25, 0.3) is 0 Å². The van der Waals surface area contributed by atoms with Crippen molar-refractivity contribution < 1.29 is 0 Å². The van der Waals surface area contributed by atoms with E-state index in [-0.39, 0.29) is 0 Å². The fourth-order valence-corrected chi connectivity index (χ4v) is 27.7. The molecule has 53 heavy (non-hydrogen) atoms. The van der Waals surface area contributed by atoms with Gasteiger partial charge in [0.1, 0.15) is 0 Å². The predicted molar refractivity (Wildman–Crippen MR) is 238 cm³/mol. The van der Waals surface area contributed by atoms with Gasteiger partial charge in [-0.15, -0.1) is 0 Å². The van der Waals surface area contributed by atoms with Crippen LogP contribution < -0.4 is 18.3 Å². The fourth-order valence-electron chi connectivity index (χ4n) is 10.9. The van der Waals surface area contributed by atoms with E-state index in [1.165, 1.54) is 159 Å². The quantitative estimate of drug-likeness (QED) is 0.188. The Bertz CT molecular complexity index is 1550. The van der Waals surface area contributed by atoms with E-state index in [1.54, 1.807) is 63.8 Å². The van der Waals surface area contributed by atoms with Crippen molar-refractivity contribution >= 4 is 54.9 Å². The summed E-state index contributed by atoms with van der Waals surface area (Å²) in [6.45, 7) is 14.9. The van der Waals surface area contributed by atoms with Crippen LogP contribution >= 0.6 is 15.9 Å². The smallest absolute Gasteiger partial charge is 0.0431 e. The number of nitrogens with zero attached hydrogens (tertiary/aromatic N) is 3. The average Bonchev–Trinajstić information content (AvgIpc) is 3.19. The molecule has 0 aliphatic carbocycles. The maximum Gasteiger partial charge on any atom is 0.0431 e. The van der Waals surface area contributed by atoms with E-state index in [1.807, 2.05) is 3.58 Å². The fraction of sp³-hybridized carbons (Fsp3) is 0.625. The molecule has 0 aromatic heterocycles. The van der Waals surface area contributed by atoms with E-state index in [4.69, 9.17) is 0 Å². The van der Waals surface area contributed by atoms with Crippen molar-refractivity contribution in [2.75, 3.05) is 54.0 Å². The van der Waals surface area contributed by atoms with Gasteiger partial charge < -0.3 is 9.80 Å². The number of anilines is 3. The third kappa shape index (κ3) is 9.16. The first-order chi connectivity index (χ1) is 26.0. The first kappa shape index (κ1) is 39.6. The molecule has 3 aromatic carbocycles. The van der Waals surface area contributed by atoms with Crippen LogP contribution in [-0.2, 0) is 38.5 Å². The largest absolute Gasteiger partial charge is 0.371 e. The molecule has 0 radical (unpaired) electrons. The molecule has 0 fully saturated rings. The summed E-state index contributed by atoms with van der Waals surface area (Å²) in [7, 11) is 0. The van der Waals surface area contributed by atoms with Gasteiger partial charge in [-0.25, -0.2) is 0 Å². The van der Waals surface area contributed by atoms with Crippen molar-refractivity contribution in [1.82, 2.24) is 0 Å². The molecule has 288 valence electrons. The second kappa shape index (κ2) is 19.0. The number of para-hydroxylation sites is 1. The minimum Gasteiger partial charge on any atom is -0.371 e. The molecule has 6 aliphatic heterocycles. The van der Waals surface area contributed by atoms with E-state index in [0.717, 1.165) is 0 Å². The molecule has 0 spiro atoms. The number of rotatable bonds is 10. The van der Waals surface area contributed by atoms with Crippen LogP contribution in [0.4, 0.5) is 17.1 Å². The van der Waals surface area contributed by atoms with Crippen LogP contribution in [0, 0.1) is 0 Å². The van der Waals surface area contributed by atoms with Gasteiger partial charge in [-0.1, -0.05) is 34.1 Å². The number of benzene rings is 3. The van der Waals surface area contributed by atoms with Crippen LogP contribution in [0.3, 0.4) is 0 Å². The van der Waals surface area contributed by atoms with E-state index in [0.29, 0.717) is 0 Å². The van der Waals surface area contributed by atoms with Crippen molar-refractivity contribution in [1.29, 1.82) is 0 Å². The summed E-state index contributed by atoms with van der Waals surface area (Å²) in [4.78, 5) is 7.87. The Morgan fingerprint density at radius 1 is 0.472 bits per heavy atom. The monoisotopic (exact) mass is 887 g/mol. The molecular formula is C48H70BrN3Sn. The van der Waals surface area contributed by atoms with Gasteiger partial charge in [-0.3, -0.25) is 0 Å². The minimum absolute atomic E-state index is 1.26. The minimum atomic E-state index is -2.28. The van der Waals surface area contributed by atoms with Gasteiger partial charge >= 0.3 is 167 Å². The number of hydrogen-bond acceptors (Lipinski definition) is 3. The summed E-state index contributed by atoms with van der Waals surface area (Å²) in [6.07, 6.45) is 24.4. The van der Waals surface area contributed by atoms with Crippen molar-refractivity contribution in [3.05, 3.63) is 80.3 Å². The number of halogens is 1. The standard InChI is InChI=1S/C12H14BrN.C12H15N.C12H14N.3C4H9.Sn/c13-11-7-9-3-1-5-14-6-2-4-10(8-11)12(9)14;2*1-4-10-6-2-8-13-9-3-7-11(5-1)12(10)13;3*1-3-4-2;/h7-8H,1-6H2;1,4-5H,2-3,6-9H2;4-5H,2-3,6-9H2;3*1,3-4H2,2H3;. The van der Waals surface area contributed by atoms with Crippen molar-refractivity contribution in [3.8, 4) is 0 Å². The second-order valence-electron chi connectivity index (χ2n) is 17.3. The van der Waals surface area contributed by atoms with Crippen LogP contribution in [0.15, 0.2) is 46.9 Å². The van der Waals surface area contributed by atoms with Crippen LogP contribution in [0.2, 0.25) is 13.3 Å². The third-order valence-corrected chi connectivity index (χ3v) is 29.5. The Balaban J connectivity index is 0.000000134. The first-order valence-corrected chi connectivity index (χ1v) is 30.6. The predicted octanol–water partition coefficient (Wildman–Crippen LogP) is 12.0. The molecule has 0 saturated carbocycles. The summed E-state index contributed by atoms with van der Waals surface area (Å²) in [5.74, 6) is 0. The Labute approximate surface area is 336 Å². The zero-order chi connectivity index (χ0) is 36.6. The Hall–Kier alpha value is -1.66. The molecule has 0 unspecified atom stereocenters. The van der Waals surface area contributed by atoms with Gasteiger partial charge in [0.25, 0.3) is 0 Å². The molecule has 9 rings (SSSR count). The average molecular weight is 888 g/mol. The van der Waals surface area contributed by atoms with Gasteiger partial charge in [0.2, 0.25) is 0 Å². The second-order valence-corrected chi connectivity index (χ2v) is 31.5. The molecule has 0 saturated heterocycles. The molecule has 0 N–H and O–H groups in total. The maximum absolute atomic E-state index is 3.61. The van der Waals surface area contributed by atoms with Gasteiger partial charge in [-0.05, 0) is 85.8 Å². The molecule has 3 nitrogen and oxygen atoms in total. The molecule has 6 heterocycles. The van der Waals surface area contributed by atoms with Gasteiger partial charge in [0, 0.05) is 42.0 Å². The summed E-state index contributed by atoms with van der Waals surface area (Å²) in [6, 6.07) is 16.9. The summed E-state index contributed by atoms with van der Waals surface area (Å²) < 4.78 is 8.00. The summed E-state index contributed by atoms with van der Waals surface area (Å²) in [5, 5.41) is 0. The van der Waals surface area contributed by atoms with E-state index in [9.17, 15) is 0 Å². The molecule has 0 bridgehead atoms. The van der Waals surface area contributed by atoms with E-state index in [2.05, 4.69) is 93.9 Å². The van der Waals surface area contributed by atoms with Crippen LogP contribution in [0.5, 0.6) is 0 Å². The van der Waals surface area contributed by atoms with Crippen LogP contribution in [0.1, 0.15) is 131 Å². The Morgan fingerprint density at radius 3 is 1.15 bits per heavy atom. The molecule has 5 heteroatoms. The molecule has 6 aliphatic rings. The topological polar surface area (TPSA) is 9.72 Å². The molecule has 3 aromatic rings. The number of hydrogen-bond donors (Lipinski definition) is 0. The molecular weight excluding hydrogens is 817 g/mol. The zero-order valence-corrected chi connectivity index (χ0v) is 38.3. The number of unbranched alkanes of at least 4 members (excludes halogenated alkanes) is 3. The normalized spacial score (nSPS) is 18.2. The van der Waals surface area contributed by atoms with Gasteiger partial charge in [0.15, 0.2) is 0 Å². The Kier molecular flexibility index (Phi) is 14.2. The zero-order valence-electron chi connectivity index (χ0n) is 33.9. The first-order valence-electron chi connectivity index (χ1n) is 22.4. The molecule has 0 atom stereocenters. The Morgan fingerprint density at radius 2 is 0.792 bits per heavy atom.